The summed E-state index contributed by atoms with van der Waals surface area (Å²) >= 11 is 0. The van der Waals surface area contributed by atoms with E-state index in [-0.39, 0.29) is 0 Å². The Kier molecular flexibility index (Phi) is 2.00. The van der Waals surface area contributed by atoms with Crippen molar-refractivity contribution in [2.24, 2.45) is 0 Å². The molecule has 0 aliphatic heterocycles. The molecule has 0 saturated heterocycles. The summed E-state index contributed by atoms with van der Waals surface area (Å²) in [5, 5.41) is 0. The Labute approximate surface area is 34.8 Å². The summed E-state index contributed by atoms with van der Waals surface area (Å²) in [7, 11) is -2.61. The first-order valence-electron chi connectivity index (χ1n) is 0.944. The van der Waals surface area contributed by atoms with E-state index in [9.17, 15) is 8.42 Å². The molecule has 6 heavy (non-hydrogen) atoms. The zero-order valence-electron chi connectivity index (χ0n) is 2.58. The molecule has 0 saturated carbocycles. The molecule has 0 aliphatic carbocycles. The van der Waals surface area contributed by atoms with Crippen molar-refractivity contribution in [3.8, 4) is 0 Å². The van der Waals surface area contributed by atoms with Crippen molar-refractivity contribution >= 4 is 16.6 Å². The first-order chi connectivity index (χ1) is 2.77. The molecule has 0 aliphatic rings. The topological polar surface area (TPSA) is 65.3 Å². The number of carbonyl (C=O) groups excluding carboxylic acids is 1. The number of isocyanates is 1. The van der Waals surface area contributed by atoms with E-state index in [1.54, 1.807) is 0 Å². The van der Waals surface area contributed by atoms with Gasteiger partial charge in [-0.1, -0.05) is 0 Å². The molecule has 0 radical (unpaired) electrons. The molecular weight excluding hydrogens is 106 g/mol. The van der Waals surface area contributed by atoms with Crippen molar-refractivity contribution in [3.05, 3.63) is 0 Å². The molecular formula is CNO3S+. The van der Waals surface area contributed by atoms with Crippen LogP contribution in [0, 0.1) is 0 Å². The smallest absolute Gasteiger partial charge is 0.144 e. The van der Waals surface area contributed by atoms with Crippen molar-refractivity contribution in [3.63, 3.8) is 0 Å². The zero-order valence-corrected chi connectivity index (χ0v) is 3.40. The van der Waals surface area contributed by atoms with Gasteiger partial charge in [-0.25, -0.2) is 0 Å². The summed E-state index contributed by atoms with van der Waals surface area (Å²) in [6.45, 7) is 0. The van der Waals surface area contributed by atoms with Crippen LogP contribution in [-0.2, 0) is 15.3 Å². The molecule has 0 aromatic rings. The monoisotopic (exact) mass is 106 g/mol. The Hall–Kier alpha value is -0.890. The summed E-state index contributed by atoms with van der Waals surface area (Å²) < 4.78 is 20.6. The Balaban J connectivity index is 5.25. The summed E-state index contributed by atoms with van der Waals surface area (Å²) in [4.78, 5) is 8.93. The molecule has 32 valence electrons. The van der Waals surface area contributed by atoms with Crippen LogP contribution in [0.15, 0.2) is 0 Å². The number of hydrogen-bond donors (Lipinski definition) is 0. The van der Waals surface area contributed by atoms with Gasteiger partial charge in [0, 0.05) is 0 Å². The van der Waals surface area contributed by atoms with E-state index < -0.39 is 10.5 Å². The van der Waals surface area contributed by atoms with E-state index in [2.05, 4.69) is 4.04 Å². The van der Waals surface area contributed by atoms with Crippen LogP contribution in [-0.4, -0.2) is 14.5 Å². The normalized spacial score (nSPS) is 5.33. The molecule has 0 heterocycles. The SMILES string of the molecule is O=C=[N+]=S(=O)=O. The maximum absolute atomic E-state index is 9.17. The number of hydrogen-bond acceptors (Lipinski definition) is 3. The quantitative estimate of drug-likeness (QED) is 0.213. The lowest BCUT2D eigenvalue weighted by atomic mass is 11.7. The lowest BCUT2D eigenvalue weighted by Gasteiger charge is -1.07. The minimum atomic E-state index is -2.61. The standard InChI is InChI=1S/CNO3S/c3-1-2-6(4)5/q+1. The lowest BCUT2D eigenvalue weighted by Crippen LogP contribution is -1.60. The van der Waals surface area contributed by atoms with Gasteiger partial charge in [0.15, 0.2) is 4.04 Å². The molecule has 0 spiro atoms. The molecule has 0 N–H and O–H groups in total. The molecule has 0 fully saturated rings. The van der Waals surface area contributed by atoms with Crippen LogP contribution in [0.4, 0.5) is 0 Å². The van der Waals surface area contributed by atoms with E-state index in [1.165, 1.54) is 0 Å². The molecule has 4 nitrogen and oxygen atoms in total. The van der Waals surface area contributed by atoms with Crippen LogP contribution in [0.3, 0.4) is 0 Å². The lowest BCUT2D eigenvalue weighted by molar-refractivity contribution is 0.564. The highest BCUT2D eigenvalue weighted by atomic mass is 32.2. The fourth-order valence-corrected chi connectivity index (χ4v) is 0.0913. The van der Waals surface area contributed by atoms with Crippen molar-refractivity contribution in [2.45, 2.75) is 0 Å². The molecule has 0 bridgehead atoms. The minimum absolute atomic E-state index is 0.829. The highest BCUT2D eigenvalue weighted by Gasteiger charge is 1.70. The van der Waals surface area contributed by atoms with Crippen LogP contribution in [0.5, 0.6) is 0 Å². The Morgan fingerprint density at radius 1 is 1.50 bits per heavy atom. The van der Waals surface area contributed by atoms with Crippen LogP contribution in [0.25, 0.3) is 0 Å². The molecule has 0 amide bonds. The average molecular weight is 106 g/mol. The molecule has 0 rings (SSSR count). The van der Waals surface area contributed by atoms with Gasteiger partial charge in [-0.3, -0.25) is 0 Å². The highest BCUT2D eigenvalue weighted by molar-refractivity contribution is 7.61. The third-order valence-electron chi connectivity index (χ3n) is 0.112. The second-order valence-corrected chi connectivity index (χ2v) is 1.02. The van der Waals surface area contributed by atoms with E-state index in [0.29, 0.717) is 0 Å². The van der Waals surface area contributed by atoms with Gasteiger partial charge in [0.1, 0.15) is 0 Å². The van der Waals surface area contributed by atoms with E-state index in [0.717, 1.165) is 6.08 Å². The van der Waals surface area contributed by atoms with Gasteiger partial charge in [0.25, 0.3) is 0 Å². The van der Waals surface area contributed by atoms with Crippen LogP contribution in [0.1, 0.15) is 0 Å². The van der Waals surface area contributed by atoms with Crippen molar-refractivity contribution in [1.29, 1.82) is 0 Å². The zero-order chi connectivity index (χ0) is 4.99. The predicted octanol–water partition coefficient (Wildman–Crippen LogP) is -1.55. The van der Waals surface area contributed by atoms with Crippen LogP contribution in [0.2, 0.25) is 0 Å². The summed E-state index contributed by atoms with van der Waals surface area (Å²) in [6.07, 6.45) is 0.829. The van der Waals surface area contributed by atoms with Gasteiger partial charge in [0.05, 0.1) is 0 Å². The fourth-order valence-electron chi connectivity index (χ4n) is 0.0304. The maximum Gasteiger partial charge on any atom is 0.602 e. The van der Waals surface area contributed by atoms with Gasteiger partial charge >= 0.3 is 16.6 Å². The largest absolute Gasteiger partial charge is 0.602 e. The Bertz CT molecular complexity index is 193. The first kappa shape index (κ1) is 5.11. The minimum Gasteiger partial charge on any atom is -0.144 e. The molecule has 5 heteroatoms. The highest BCUT2D eigenvalue weighted by Crippen LogP contribution is 1.13. The summed E-state index contributed by atoms with van der Waals surface area (Å²) in [6, 6.07) is 0. The molecule has 0 atom stereocenters. The van der Waals surface area contributed by atoms with Gasteiger partial charge in [-0.05, 0) is 0 Å². The molecule has 0 aromatic carbocycles. The predicted molar refractivity (Wildman–Crippen MR) is 16.7 cm³/mol. The molecule has 0 aromatic heterocycles. The Morgan fingerprint density at radius 2 is 2.00 bits per heavy atom. The van der Waals surface area contributed by atoms with Gasteiger partial charge in [-0.2, -0.15) is 0 Å². The van der Waals surface area contributed by atoms with Gasteiger partial charge in [-0.15, -0.1) is 13.2 Å². The maximum atomic E-state index is 9.17. The number of nitrogens with zero attached hydrogens (tertiary/aromatic N) is 1. The second-order valence-electron chi connectivity index (χ2n) is 0.400. The first-order valence-corrected chi connectivity index (χ1v) is 1.98. The van der Waals surface area contributed by atoms with E-state index >= 15 is 0 Å². The van der Waals surface area contributed by atoms with E-state index in [4.69, 9.17) is 4.79 Å². The second kappa shape index (κ2) is 2.35. The van der Waals surface area contributed by atoms with Gasteiger partial charge in [0.2, 0.25) is 0 Å². The van der Waals surface area contributed by atoms with Crippen molar-refractivity contribution in [2.75, 3.05) is 0 Å². The number of rotatable bonds is 0. The summed E-state index contributed by atoms with van der Waals surface area (Å²) in [5.41, 5.74) is 0. The summed E-state index contributed by atoms with van der Waals surface area (Å²) in [5.74, 6) is 0. The van der Waals surface area contributed by atoms with E-state index in [1.807, 2.05) is 0 Å². The third-order valence-corrected chi connectivity index (χ3v) is 0.335. The van der Waals surface area contributed by atoms with Crippen LogP contribution >= 0.6 is 0 Å². The van der Waals surface area contributed by atoms with Crippen LogP contribution < -0.4 is 4.04 Å². The Morgan fingerprint density at radius 3 is 2.00 bits per heavy atom. The fraction of sp³-hybridized carbons (Fsp3) is 0. The molecule has 0 unspecified atom stereocenters. The average Bonchev–Trinajstić information content (AvgIpc) is 1.35. The van der Waals surface area contributed by atoms with Crippen molar-refractivity contribution in [1.82, 2.24) is 4.04 Å². The third kappa shape index (κ3) is 3.11. The van der Waals surface area contributed by atoms with Gasteiger partial charge < -0.3 is 0 Å². The van der Waals surface area contributed by atoms with Crippen molar-refractivity contribution < 1.29 is 13.2 Å².